The average molecular weight is 241 g/mol. The molecule has 2 nitrogen and oxygen atoms in total. The second-order valence-electron chi connectivity index (χ2n) is 5.23. The fraction of sp³-hybridized carbons (Fsp3) is 0.312. The number of hydrogen-bond acceptors (Lipinski definition) is 1. The molecule has 0 N–H and O–H groups in total. The SMILES string of the molecule is CC1(C)CCC(/C=C/C=C/c2ccccc2)=[N+]1[O-]. The van der Waals surface area contributed by atoms with Crippen molar-refractivity contribution in [3.63, 3.8) is 0 Å². The zero-order chi connectivity index (χ0) is 13.0. The lowest BCUT2D eigenvalue weighted by Crippen LogP contribution is -2.28. The number of hydroxylamine groups is 1. The van der Waals surface area contributed by atoms with Crippen LogP contribution in [0.5, 0.6) is 0 Å². The van der Waals surface area contributed by atoms with Gasteiger partial charge in [-0.1, -0.05) is 48.6 Å². The maximum Gasteiger partial charge on any atom is 0.187 e. The van der Waals surface area contributed by atoms with Gasteiger partial charge in [-0.3, -0.25) is 0 Å². The monoisotopic (exact) mass is 241 g/mol. The Kier molecular flexibility index (Phi) is 3.66. The van der Waals surface area contributed by atoms with E-state index in [-0.39, 0.29) is 5.54 Å². The van der Waals surface area contributed by atoms with Crippen LogP contribution < -0.4 is 0 Å². The normalized spacial score (nSPS) is 19.2. The first-order valence-corrected chi connectivity index (χ1v) is 6.32. The first kappa shape index (κ1) is 12.6. The Labute approximate surface area is 109 Å². The molecule has 0 aliphatic carbocycles. The minimum absolute atomic E-state index is 0.247. The first-order valence-electron chi connectivity index (χ1n) is 6.32. The van der Waals surface area contributed by atoms with Crippen LogP contribution in [0.1, 0.15) is 32.3 Å². The molecule has 1 aromatic rings. The fourth-order valence-electron chi connectivity index (χ4n) is 2.07. The minimum atomic E-state index is -0.247. The third-order valence-corrected chi connectivity index (χ3v) is 3.29. The third kappa shape index (κ3) is 2.89. The molecule has 94 valence electrons. The van der Waals surface area contributed by atoms with Gasteiger partial charge in [-0.2, -0.15) is 0 Å². The zero-order valence-electron chi connectivity index (χ0n) is 11.0. The standard InChI is InChI=1S/C16H19NO/c1-16(2)13-12-15(17(16)18)11-7-6-10-14-8-4-3-5-9-14/h3-11H,12-13H2,1-2H3/b10-6+,11-7+. The smallest absolute Gasteiger partial charge is 0.187 e. The van der Waals surface area contributed by atoms with Gasteiger partial charge in [0.25, 0.3) is 0 Å². The topological polar surface area (TPSA) is 26.1 Å². The summed E-state index contributed by atoms with van der Waals surface area (Å²) < 4.78 is 1.14. The van der Waals surface area contributed by atoms with Crippen LogP contribution in [0.3, 0.4) is 0 Å². The van der Waals surface area contributed by atoms with Gasteiger partial charge in [-0.25, -0.2) is 4.74 Å². The number of hydrogen-bond donors (Lipinski definition) is 0. The lowest BCUT2D eigenvalue weighted by atomic mass is 10.0. The van der Waals surface area contributed by atoms with E-state index in [2.05, 4.69) is 12.1 Å². The highest BCUT2D eigenvalue weighted by Gasteiger charge is 2.35. The van der Waals surface area contributed by atoms with Gasteiger partial charge >= 0.3 is 0 Å². The van der Waals surface area contributed by atoms with Crippen LogP contribution >= 0.6 is 0 Å². The molecule has 1 heterocycles. The lowest BCUT2D eigenvalue weighted by molar-refractivity contribution is -0.530. The van der Waals surface area contributed by atoms with Crippen LogP contribution in [0.25, 0.3) is 6.08 Å². The Bertz CT molecular complexity index is 495. The predicted octanol–water partition coefficient (Wildman–Crippen LogP) is 3.78. The number of allylic oxidation sites excluding steroid dienone is 3. The molecule has 0 bridgehead atoms. The second-order valence-corrected chi connectivity index (χ2v) is 5.23. The van der Waals surface area contributed by atoms with Crippen LogP contribution in [0.4, 0.5) is 0 Å². The van der Waals surface area contributed by atoms with Crippen molar-refractivity contribution < 1.29 is 4.74 Å². The molecule has 0 spiro atoms. The van der Waals surface area contributed by atoms with E-state index in [0.717, 1.165) is 28.9 Å². The molecule has 0 atom stereocenters. The van der Waals surface area contributed by atoms with Gasteiger partial charge in [0.15, 0.2) is 11.3 Å². The Balaban J connectivity index is 2.01. The molecule has 0 saturated carbocycles. The summed E-state index contributed by atoms with van der Waals surface area (Å²) in [4.78, 5) is 0. The van der Waals surface area contributed by atoms with Gasteiger partial charge in [0.05, 0.1) is 0 Å². The Morgan fingerprint density at radius 3 is 2.39 bits per heavy atom. The molecule has 18 heavy (non-hydrogen) atoms. The molecular formula is C16H19NO. The van der Waals surface area contributed by atoms with Crippen molar-refractivity contribution in [1.82, 2.24) is 0 Å². The van der Waals surface area contributed by atoms with Gasteiger partial charge in [0.1, 0.15) is 0 Å². The van der Waals surface area contributed by atoms with Crippen molar-refractivity contribution in [2.45, 2.75) is 32.2 Å². The third-order valence-electron chi connectivity index (χ3n) is 3.29. The minimum Gasteiger partial charge on any atom is -0.623 e. The maximum absolute atomic E-state index is 11.9. The van der Waals surface area contributed by atoms with Crippen molar-refractivity contribution in [3.05, 3.63) is 59.3 Å². The molecule has 0 amide bonds. The van der Waals surface area contributed by atoms with E-state index in [4.69, 9.17) is 0 Å². The molecule has 2 heteroatoms. The van der Waals surface area contributed by atoms with Gasteiger partial charge in [-0.05, 0) is 5.56 Å². The van der Waals surface area contributed by atoms with E-state index in [0.29, 0.717) is 0 Å². The molecule has 1 aliphatic rings. The highest BCUT2D eigenvalue weighted by Crippen LogP contribution is 2.23. The van der Waals surface area contributed by atoms with Crippen LogP contribution in [0.15, 0.2) is 48.6 Å². The molecular weight excluding hydrogens is 222 g/mol. The highest BCUT2D eigenvalue weighted by atomic mass is 16.5. The molecule has 0 saturated heterocycles. The average Bonchev–Trinajstić information content (AvgIpc) is 2.62. The van der Waals surface area contributed by atoms with E-state index in [1.165, 1.54) is 0 Å². The summed E-state index contributed by atoms with van der Waals surface area (Å²) in [6, 6.07) is 10.1. The van der Waals surface area contributed by atoms with Crippen molar-refractivity contribution in [2.75, 3.05) is 0 Å². The number of benzene rings is 1. The summed E-state index contributed by atoms with van der Waals surface area (Å²) in [5, 5.41) is 11.9. The van der Waals surface area contributed by atoms with E-state index in [9.17, 15) is 5.21 Å². The van der Waals surface area contributed by atoms with E-state index in [1.54, 1.807) is 0 Å². The number of rotatable bonds is 3. The van der Waals surface area contributed by atoms with Crippen LogP contribution in [-0.2, 0) is 0 Å². The van der Waals surface area contributed by atoms with Crippen molar-refractivity contribution in [3.8, 4) is 0 Å². The zero-order valence-corrected chi connectivity index (χ0v) is 11.0. The van der Waals surface area contributed by atoms with Crippen LogP contribution in [0.2, 0.25) is 0 Å². The largest absolute Gasteiger partial charge is 0.623 e. The first-order chi connectivity index (χ1) is 8.59. The fourth-order valence-corrected chi connectivity index (χ4v) is 2.07. The Hall–Kier alpha value is -1.83. The van der Waals surface area contributed by atoms with Gasteiger partial charge in [0.2, 0.25) is 0 Å². The van der Waals surface area contributed by atoms with E-state index >= 15 is 0 Å². The summed E-state index contributed by atoms with van der Waals surface area (Å²) in [5.74, 6) is 0. The molecule has 1 aromatic carbocycles. The van der Waals surface area contributed by atoms with Crippen molar-refractivity contribution in [1.29, 1.82) is 0 Å². The van der Waals surface area contributed by atoms with Gasteiger partial charge in [0, 0.05) is 32.8 Å². The molecule has 0 radical (unpaired) electrons. The molecule has 0 unspecified atom stereocenters. The summed E-state index contributed by atoms with van der Waals surface area (Å²) in [5.41, 5.74) is 1.79. The predicted molar refractivity (Wildman–Crippen MR) is 76.6 cm³/mol. The molecule has 0 aromatic heterocycles. The highest BCUT2D eigenvalue weighted by molar-refractivity contribution is 5.92. The number of nitrogens with zero attached hydrogens (tertiary/aromatic N) is 1. The Morgan fingerprint density at radius 1 is 1.11 bits per heavy atom. The quantitative estimate of drug-likeness (QED) is 0.449. The second kappa shape index (κ2) is 5.21. The lowest BCUT2D eigenvalue weighted by Gasteiger charge is -2.17. The van der Waals surface area contributed by atoms with E-state index in [1.807, 2.05) is 56.4 Å². The summed E-state index contributed by atoms with van der Waals surface area (Å²) in [6.07, 6.45) is 9.66. The van der Waals surface area contributed by atoms with Crippen molar-refractivity contribution >= 4 is 11.8 Å². The van der Waals surface area contributed by atoms with Gasteiger partial charge < -0.3 is 5.21 Å². The molecule has 2 rings (SSSR count). The molecule has 1 aliphatic heterocycles. The summed E-state index contributed by atoms with van der Waals surface area (Å²) in [6.45, 7) is 3.97. The van der Waals surface area contributed by atoms with E-state index < -0.39 is 0 Å². The summed E-state index contributed by atoms with van der Waals surface area (Å²) in [7, 11) is 0. The van der Waals surface area contributed by atoms with Crippen LogP contribution in [-0.4, -0.2) is 16.0 Å². The summed E-state index contributed by atoms with van der Waals surface area (Å²) >= 11 is 0. The van der Waals surface area contributed by atoms with Gasteiger partial charge in [-0.15, -0.1) is 0 Å². The van der Waals surface area contributed by atoms with Crippen molar-refractivity contribution in [2.24, 2.45) is 0 Å². The molecule has 0 fully saturated rings. The van der Waals surface area contributed by atoms with Crippen LogP contribution in [0, 0.1) is 5.21 Å². The maximum atomic E-state index is 11.9. The Morgan fingerprint density at radius 2 is 1.78 bits per heavy atom.